The van der Waals surface area contributed by atoms with Gasteiger partial charge in [-0.25, -0.2) is 4.79 Å². The van der Waals surface area contributed by atoms with Crippen molar-refractivity contribution < 1.29 is 9.84 Å². The molecule has 10 heteroatoms. The van der Waals surface area contributed by atoms with Gasteiger partial charge in [-0.1, -0.05) is 17.7 Å². The van der Waals surface area contributed by atoms with Gasteiger partial charge in [0, 0.05) is 17.6 Å². The van der Waals surface area contributed by atoms with E-state index < -0.39 is 16.9 Å². The van der Waals surface area contributed by atoms with Gasteiger partial charge in [-0.2, -0.15) is 9.94 Å². The van der Waals surface area contributed by atoms with Crippen molar-refractivity contribution in [1.82, 2.24) is 19.7 Å². The number of rotatable bonds is 3. The number of nitrogens with zero attached hydrogens (tertiary/aromatic N) is 4. The van der Waals surface area contributed by atoms with Crippen molar-refractivity contribution in [2.45, 2.75) is 0 Å². The monoisotopic (exact) mass is 407 g/mol. The second-order valence-electron chi connectivity index (χ2n) is 5.87. The maximum Gasteiger partial charge on any atom is 0.349 e. The number of phenols is 1. The molecule has 4 rings (SSSR count). The highest BCUT2D eigenvalue weighted by Crippen LogP contribution is 2.39. The van der Waals surface area contributed by atoms with Crippen LogP contribution in [0.3, 0.4) is 0 Å². The summed E-state index contributed by atoms with van der Waals surface area (Å²) < 4.78 is 6.45. The molecule has 0 spiro atoms. The number of nitriles is 1. The number of aromatic hydroxyl groups is 1. The SMILES string of the molecule is N#Cc1nn(-c2cc(O)c(Oc3ccc4ncccc4c3)c(Cl)c2)c(=O)[nH]c1=O. The van der Waals surface area contributed by atoms with Crippen LogP contribution in [0.25, 0.3) is 16.6 Å². The number of phenolic OH excluding ortho intramolecular Hbond substituents is 1. The van der Waals surface area contributed by atoms with Crippen LogP contribution in [0.1, 0.15) is 5.69 Å². The zero-order valence-electron chi connectivity index (χ0n) is 14.5. The molecular formula is C19H10ClN5O4. The number of fused-ring (bicyclic) bond motifs is 1. The van der Waals surface area contributed by atoms with E-state index in [-0.39, 0.29) is 22.2 Å². The fourth-order valence-electron chi connectivity index (χ4n) is 2.67. The first kappa shape index (κ1) is 18.2. The molecule has 9 nitrogen and oxygen atoms in total. The molecule has 2 N–H and O–H groups in total. The minimum Gasteiger partial charge on any atom is -0.504 e. The molecule has 0 saturated carbocycles. The van der Waals surface area contributed by atoms with Gasteiger partial charge in [0.1, 0.15) is 11.8 Å². The Hall–Kier alpha value is -4.16. The van der Waals surface area contributed by atoms with Crippen molar-refractivity contribution in [3.05, 3.63) is 80.2 Å². The number of ether oxygens (including phenoxy) is 1. The second-order valence-corrected chi connectivity index (χ2v) is 6.27. The molecule has 142 valence electrons. The number of H-pyrrole nitrogens is 1. The largest absolute Gasteiger partial charge is 0.504 e. The molecule has 0 saturated heterocycles. The lowest BCUT2D eigenvalue weighted by molar-refractivity contribution is 0.411. The van der Waals surface area contributed by atoms with Crippen LogP contribution in [0.2, 0.25) is 5.02 Å². The Morgan fingerprint density at radius 2 is 2.03 bits per heavy atom. The number of nitrogens with one attached hydrogen (secondary N) is 1. The first-order valence-corrected chi connectivity index (χ1v) is 8.53. The van der Waals surface area contributed by atoms with Crippen LogP contribution in [0.15, 0.2) is 58.3 Å². The summed E-state index contributed by atoms with van der Waals surface area (Å²) >= 11 is 6.23. The van der Waals surface area contributed by atoms with Crippen LogP contribution in [0, 0.1) is 11.3 Å². The lowest BCUT2D eigenvalue weighted by atomic mass is 10.2. The summed E-state index contributed by atoms with van der Waals surface area (Å²) in [6.45, 7) is 0. The van der Waals surface area contributed by atoms with E-state index in [9.17, 15) is 14.7 Å². The van der Waals surface area contributed by atoms with E-state index >= 15 is 0 Å². The van der Waals surface area contributed by atoms with E-state index in [4.69, 9.17) is 21.6 Å². The third-order valence-electron chi connectivity index (χ3n) is 3.98. The molecule has 0 unspecified atom stereocenters. The number of hydrogen-bond donors (Lipinski definition) is 2. The van der Waals surface area contributed by atoms with Gasteiger partial charge >= 0.3 is 5.69 Å². The van der Waals surface area contributed by atoms with Gasteiger partial charge in [-0.05, 0) is 30.3 Å². The average Bonchev–Trinajstić information content (AvgIpc) is 2.70. The van der Waals surface area contributed by atoms with Crippen molar-refractivity contribution in [3.8, 4) is 29.0 Å². The summed E-state index contributed by atoms with van der Waals surface area (Å²) in [5.41, 5.74) is -1.48. The molecule has 0 aliphatic rings. The van der Waals surface area contributed by atoms with Gasteiger partial charge in [-0.3, -0.25) is 14.8 Å². The topological polar surface area (TPSA) is 134 Å². The standard InChI is InChI=1S/C19H10ClN5O4/c20-13-7-11(25-19(28)23-18(27)15(9-21)24-25)8-16(26)17(13)29-12-3-4-14-10(6-12)2-1-5-22-14/h1-8,26H,(H,23,27,28). The number of halogens is 1. The Balaban J connectivity index is 1.75. The van der Waals surface area contributed by atoms with Gasteiger partial charge < -0.3 is 9.84 Å². The quantitative estimate of drug-likeness (QED) is 0.532. The van der Waals surface area contributed by atoms with Crippen LogP contribution < -0.4 is 16.0 Å². The Morgan fingerprint density at radius 3 is 2.79 bits per heavy atom. The molecule has 2 aromatic carbocycles. The van der Waals surface area contributed by atoms with Crippen LogP contribution in [-0.4, -0.2) is 24.9 Å². The lowest BCUT2D eigenvalue weighted by Crippen LogP contribution is -2.33. The van der Waals surface area contributed by atoms with Gasteiger partial charge in [0.05, 0.1) is 16.2 Å². The Kier molecular flexibility index (Phi) is 4.46. The van der Waals surface area contributed by atoms with Crippen molar-refractivity contribution in [1.29, 1.82) is 5.26 Å². The van der Waals surface area contributed by atoms with Crippen LogP contribution in [0.5, 0.6) is 17.2 Å². The van der Waals surface area contributed by atoms with E-state index in [1.165, 1.54) is 12.1 Å². The molecule has 29 heavy (non-hydrogen) atoms. The molecule has 0 fully saturated rings. The van der Waals surface area contributed by atoms with Gasteiger partial charge in [0.2, 0.25) is 5.69 Å². The second kappa shape index (κ2) is 7.10. The first-order valence-electron chi connectivity index (χ1n) is 8.15. The molecule has 0 bridgehead atoms. The smallest absolute Gasteiger partial charge is 0.349 e. The molecule has 2 heterocycles. The average molecular weight is 408 g/mol. The zero-order chi connectivity index (χ0) is 20.5. The van der Waals surface area contributed by atoms with Gasteiger partial charge in [0.25, 0.3) is 5.56 Å². The van der Waals surface area contributed by atoms with Crippen LogP contribution in [-0.2, 0) is 0 Å². The van der Waals surface area contributed by atoms with E-state index in [0.29, 0.717) is 5.75 Å². The van der Waals surface area contributed by atoms with Crippen molar-refractivity contribution in [3.63, 3.8) is 0 Å². The number of benzene rings is 2. The summed E-state index contributed by atoms with van der Waals surface area (Å²) in [7, 11) is 0. The highest BCUT2D eigenvalue weighted by molar-refractivity contribution is 6.32. The molecule has 0 amide bonds. The normalized spacial score (nSPS) is 10.6. The minimum atomic E-state index is -0.908. The third kappa shape index (κ3) is 3.40. The van der Waals surface area contributed by atoms with E-state index in [1.54, 1.807) is 36.5 Å². The highest BCUT2D eigenvalue weighted by Gasteiger charge is 2.15. The predicted octanol–water partition coefficient (Wildman–Crippen LogP) is 2.49. The van der Waals surface area contributed by atoms with Crippen molar-refractivity contribution in [2.75, 3.05) is 0 Å². The highest BCUT2D eigenvalue weighted by atomic mass is 35.5. The summed E-state index contributed by atoms with van der Waals surface area (Å²) in [5.74, 6) is 0.0235. The molecule has 0 aliphatic carbocycles. The van der Waals surface area contributed by atoms with Crippen molar-refractivity contribution in [2.24, 2.45) is 0 Å². The number of hydrogen-bond acceptors (Lipinski definition) is 7. The Bertz CT molecular complexity index is 1400. The summed E-state index contributed by atoms with van der Waals surface area (Å²) in [6.07, 6.45) is 1.68. The third-order valence-corrected chi connectivity index (χ3v) is 4.26. The fraction of sp³-hybridized carbons (Fsp3) is 0. The van der Waals surface area contributed by atoms with Crippen LogP contribution >= 0.6 is 11.6 Å². The van der Waals surface area contributed by atoms with Gasteiger partial charge in [0.15, 0.2) is 11.5 Å². The van der Waals surface area contributed by atoms with Gasteiger partial charge in [-0.15, -0.1) is 5.10 Å². The number of aromatic amines is 1. The minimum absolute atomic E-state index is 0.00955. The maximum atomic E-state index is 12.0. The number of aromatic nitrogens is 4. The van der Waals surface area contributed by atoms with E-state index in [1.807, 2.05) is 11.1 Å². The molecule has 2 aromatic heterocycles. The first-order chi connectivity index (χ1) is 14.0. The molecule has 0 atom stereocenters. The fourth-order valence-corrected chi connectivity index (χ4v) is 2.92. The lowest BCUT2D eigenvalue weighted by Gasteiger charge is -2.12. The molecule has 0 radical (unpaired) electrons. The van der Waals surface area contributed by atoms with E-state index in [0.717, 1.165) is 15.6 Å². The summed E-state index contributed by atoms with van der Waals surface area (Å²) in [4.78, 5) is 29.7. The van der Waals surface area contributed by atoms with Crippen LogP contribution in [0.4, 0.5) is 0 Å². The molecule has 4 aromatic rings. The zero-order valence-corrected chi connectivity index (χ0v) is 15.2. The molecular weight excluding hydrogens is 398 g/mol. The predicted molar refractivity (Wildman–Crippen MR) is 104 cm³/mol. The van der Waals surface area contributed by atoms with E-state index in [2.05, 4.69) is 10.1 Å². The Morgan fingerprint density at radius 1 is 1.21 bits per heavy atom. The molecule has 0 aliphatic heterocycles. The summed E-state index contributed by atoms with van der Waals surface area (Å²) in [5, 5.41) is 23.8. The van der Waals surface area contributed by atoms with Crippen molar-refractivity contribution >= 4 is 22.5 Å². The summed E-state index contributed by atoms with van der Waals surface area (Å²) in [6, 6.07) is 12.9. The number of pyridine rings is 1. The maximum absolute atomic E-state index is 12.0. The Labute approximate surface area is 167 Å².